The van der Waals surface area contributed by atoms with Crippen LogP contribution in [0.2, 0.25) is 5.02 Å². The Morgan fingerprint density at radius 2 is 2.00 bits per heavy atom. The highest BCUT2D eigenvalue weighted by atomic mass is 35.5. The third-order valence-electron chi connectivity index (χ3n) is 4.04. The van der Waals surface area contributed by atoms with Crippen molar-refractivity contribution in [3.05, 3.63) is 75.9 Å². The molecule has 1 aliphatic rings. The quantitative estimate of drug-likeness (QED) is 0.884. The van der Waals surface area contributed by atoms with E-state index < -0.39 is 16.1 Å². The van der Waals surface area contributed by atoms with Crippen molar-refractivity contribution < 1.29 is 12.8 Å². The second-order valence-electron chi connectivity index (χ2n) is 5.79. The van der Waals surface area contributed by atoms with Gasteiger partial charge in [-0.3, -0.25) is 0 Å². The SMILES string of the molecule is O=S(=O)(/C=C/c1cccc(Cl)c1)N1CCNCC1c1cccc(F)c1. The van der Waals surface area contributed by atoms with Crippen LogP contribution >= 0.6 is 11.6 Å². The van der Waals surface area contributed by atoms with Crippen LogP contribution in [0.25, 0.3) is 6.08 Å². The van der Waals surface area contributed by atoms with Crippen molar-refractivity contribution in [3.8, 4) is 0 Å². The number of nitrogens with zero attached hydrogens (tertiary/aromatic N) is 1. The lowest BCUT2D eigenvalue weighted by molar-refractivity contribution is 0.274. The Hall–Kier alpha value is -1.73. The zero-order chi connectivity index (χ0) is 17.9. The average Bonchev–Trinajstić information content (AvgIpc) is 2.60. The fourth-order valence-electron chi connectivity index (χ4n) is 2.84. The van der Waals surface area contributed by atoms with E-state index in [1.54, 1.807) is 36.4 Å². The third kappa shape index (κ3) is 4.46. The van der Waals surface area contributed by atoms with E-state index >= 15 is 0 Å². The van der Waals surface area contributed by atoms with Crippen LogP contribution in [0.1, 0.15) is 17.2 Å². The average molecular weight is 381 g/mol. The molecule has 0 amide bonds. The summed E-state index contributed by atoms with van der Waals surface area (Å²) in [5.41, 5.74) is 1.33. The first-order valence-corrected chi connectivity index (χ1v) is 9.75. The molecule has 1 fully saturated rings. The minimum atomic E-state index is -3.66. The van der Waals surface area contributed by atoms with Crippen molar-refractivity contribution in [3.63, 3.8) is 0 Å². The van der Waals surface area contributed by atoms with Gasteiger partial charge in [-0.15, -0.1) is 0 Å². The van der Waals surface area contributed by atoms with Gasteiger partial charge < -0.3 is 5.32 Å². The number of benzene rings is 2. The first-order chi connectivity index (χ1) is 12.0. The number of sulfonamides is 1. The van der Waals surface area contributed by atoms with Crippen molar-refractivity contribution in [2.45, 2.75) is 6.04 Å². The van der Waals surface area contributed by atoms with Gasteiger partial charge in [-0.05, 0) is 41.5 Å². The van der Waals surface area contributed by atoms with Crippen LogP contribution in [0.5, 0.6) is 0 Å². The Labute approximate surface area is 152 Å². The lowest BCUT2D eigenvalue weighted by Crippen LogP contribution is -2.48. The van der Waals surface area contributed by atoms with Crippen LogP contribution in [0.4, 0.5) is 4.39 Å². The lowest BCUT2D eigenvalue weighted by atomic mass is 10.1. The van der Waals surface area contributed by atoms with Crippen LogP contribution in [0, 0.1) is 5.82 Å². The Balaban J connectivity index is 1.88. The number of halogens is 2. The lowest BCUT2D eigenvalue weighted by Gasteiger charge is -2.34. The number of nitrogens with one attached hydrogen (secondary N) is 1. The summed E-state index contributed by atoms with van der Waals surface area (Å²) in [7, 11) is -3.66. The molecule has 132 valence electrons. The molecular formula is C18H18ClFN2O2S. The molecule has 1 heterocycles. The molecule has 0 aliphatic carbocycles. The molecule has 1 aliphatic heterocycles. The van der Waals surface area contributed by atoms with E-state index in [2.05, 4.69) is 5.32 Å². The molecule has 0 spiro atoms. The summed E-state index contributed by atoms with van der Waals surface area (Å²) in [5.74, 6) is -0.380. The first kappa shape index (κ1) is 18.1. The van der Waals surface area contributed by atoms with Crippen LogP contribution in [0.15, 0.2) is 53.9 Å². The maximum atomic E-state index is 13.5. The molecule has 2 aromatic carbocycles. The summed E-state index contributed by atoms with van der Waals surface area (Å²) in [6, 6.07) is 12.6. The second-order valence-corrected chi connectivity index (χ2v) is 8.00. The fourth-order valence-corrected chi connectivity index (χ4v) is 4.42. The molecule has 1 saturated heterocycles. The first-order valence-electron chi connectivity index (χ1n) is 7.87. The molecule has 1 N–H and O–H groups in total. The van der Waals surface area contributed by atoms with E-state index in [4.69, 9.17) is 11.6 Å². The highest BCUT2D eigenvalue weighted by molar-refractivity contribution is 7.92. The molecule has 3 rings (SSSR count). The molecular weight excluding hydrogens is 363 g/mol. The third-order valence-corrected chi connectivity index (χ3v) is 5.84. The van der Waals surface area contributed by atoms with Crippen molar-refractivity contribution in [2.75, 3.05) is 19.6 Å². The summed E-state index contributed by atoms with van der Waals surface area (Å²) in [6.45, 7) is 1.31. The number of piperazine rings is 1. The van der Waals surface area contributed by atoms with Gasteiger partial charge in [0.15, 0.2) is 0 Å². The smallest absolute Gasteiger partial charge is 0.236 e. The Morgan fingerprint density at radius 1 is 1.20 bits per heavy atom. The van der Waals surface area contributed by atoms with Gasteiger partial charge in [0.25, 0.3) is 0 Å². The topological polar surface area (TPSA) is 49.4 Å². The minimum absolute atomic E-state index is 0.323. The predicted octanol–water partition coefficient (Wildman–Crippen LogP) is 3.43. The molecule has 0 aromatic heterocycles. The molecule has 4 nitrogen and oxygen atoms in total. The van der Waals surface area contributed by atoms with E-state index in [1.807, 2.05) is 0 Å². The van der Waals surface area contributed by atoms with Crippen LogP contribution in [-0.2, 0) is 10.0 Å². The Bertz CT molecular complexity index is 886. The monoisotopic (exact) mass is 380 g/mol. The molecule has 1 atom stereocenters. The molecule has 1 unspecified atom stereocenters. The van der Waals surface area contributed by atoms with E-state index in [1.165, 1.54) is 27.9 Å². The molecule has 0 radical (unpaired) electrons. The maximum Gasteiger partial charge on any atom is 0.236 e. The Kier molecular flexibility index (Phi) is 5.54. The summed E-state index contributed by atoms with van der Waals surface area (Å²) in [4.78, 5) is 0. The summed E-state index contributed by atoms with van der Waals surface area (Å²) in [6.07, 6.45) is 1.52. The van der Waals surface area contributed by atoms with Gasteiger partial charge in [-0.2, -0.15) is 4.31 Å². The zero-order valence-corrected chi connectivity index (χ0v) is 15.0. The largest absolute Gasteiger partial charge is 0.313 e. The van der Waals surface area contributed by atoms with Gasteiger partial charge in [0, 0.05) is 30.1 Å². The van der Waals surface area contributed by atoms with E-state index in [9.17, 15) is 12.8 Å². The molecule has 25 heavy (non-hydrogen) atoms. The fraction of sp³-hybridized carbons (Fsp3) is 0.222. The predicted molar refractivity (Wildman–Crippen MR) is 98.1 cm³/mol. The summed E-state index contributed by atoms with van der Waals surface area (Å²) in [5, 5.41) is 4.88. The summed E-state index contributed by atoms with van der Waals surface area (Å²) < 4.78 is 40.5. The molecule has 0 bridgehead atoms. The molecule has 7 heteroatoms. The van der Waals surface area contributed by atoms with Gasteiger partial charge in [-0.1, -0.05) is 35.9 Å². The van der Waals surface area contributed by atoms with E-state index in [0.29, 0.717) is 35.8 Å². The van der Waals surface area contributed by atoms with Crippen molar-refractivity contribution >= 4 is 27.7 Å². The number of hydrogen-bond acceptors (Lipinski definition) is 3. The second kappa shape index (κ2) is 7.66. The van der Waals surface area contributed by atoms with Gasteiger partial charge in [0.05, 0.1) is 6.04 Å². The van der Waals surface area contributed by atoms with Crippen molar-refractivity contribution in [2.24, 2.45) is 0 Å². The van der Waals surface area contributed by atoms with Crippen molar-refractivity contribution in [1.29, 1.82) is 0 Å². The molecule has 0 saturated carbocycles. The normalized spacial score (nSPS) is 19.4. The standard InChI is InChI=1S/C18H18ClFN2O2S/c19-16-5-1-3-14(11-16)7-10-25(23,24)22-9-8-21-13-18(22)15-4-2-6-17(20)12-15/h1-7,10-12,18,21H,8-9,13H2/b10-7+. The van der Waals surface area contributed by atoms with E-state index in [0.717, 1.165) is 0 Å². The van der Waals surface area contributed by atoms with Crippen LogP contribution in [0.3, 0.4) is 0 Å². The highest BCUT2D eigenvalue weighted by Crippen LogP contribution is 2.26. The van der Waals surface area contributed by atoms with E-state index in [-0.39, 0.29) is 5.82 Å². The van der Waals surface area contributed by atoms with Gasteiger partial charge in [-0.25, -0.2) is 12.8 Å². The van der Waals surface area contributed by atoms with Crippen LogP contribution in [-0.4, -0.2) is 32.4 Å². The van der Waals surface area contributed by atoms with Gasteiger partial charge in [0.1, 0.15) is 5.82 Å². The van der Waals surface area contributed by atoms with Crippen LogP contribution < -0.4 is 5.32 Å². The molecule has 2 aromatic rings. The number of hydrogen-bond donors (Lipinski definition) is 1. The number of rotatable bonds is 4. The summed E-state index contributed by atoms with van der Waals surface area (Å²) >= 11 is 5.92. The highest BCUT2D eigenvalue weighted by Gasteiger charge is 2.31. The minimum Gasteiger partial charge on any atom is -0.313 e. The van der Waals surface area contributed by atoms with Gasteiger partial charge >= 0.3 is 0 Å². The zero-order valence-electron chi connectivity index (χ0n) is 13.4. The van der Waals surface area contributed by atoms with Crippen molar-refractivity contribution in [1.82, 2.24) is 9.62 Å². The Morgan fingerprint density at radius 3 is 2.76 bits per heavy atom. The maximum absolute atomic E-state index is 13.5. The van der Waals surface area contributed by atoms with Gasteiger partial charge in [0.2, 0.25) is 10.0 Å².